The van der Waals surface area contributed by atoms with Crippen molar-refractivity contribution in [3.8, 4) is 5.75 Å². The highest BCUT2D eigenvalue weighted by molar-refractivity contribution is 5.80. The number of nitrogens with one attached hydrogen (secondary N) is 2. The second-order valence-electron chi connectivity index (χ2n) is 8.01. The van der Waals surface area contributed by atoms with Crippen LogP contribution in [-0.2, 0) is 6.42 Å². The lowest BCUT2D eigenvalue weighted by Gasteiger charge is -2.38. The van der Waals surface area contributed by atoms with Gasteiger partial charge >= 0.3 is 0 Å². The molecular weight excluding hydrogens is 354 g/mol. The third-order valence-corrected chi connectivity index (χ3v) is 4.63. The highest BCUT2D eigenvalue weighted by Crippen LogP contribution is 2.39. The van der Waals surface area contributed by atoms with Crippen molar-refractivity contribution in [2.45, 2.75) is 65.0 Å². The van der Waals surface area contributed by atoms with Gasteiger partial charge in [-0.2, -0.15) is 4.98 Å². The summed E-state index contributed by atoms with van der Waals surface area (Å²) in [5.41, 5.74) is 0.922. The minimum absolute atomic E-state index is 0.133. The predicted molar refractivity (Wildman–Crippen MR) is 110 cm³/mol. The Balaban J connectivity index is 1.69. The molecule has 2 N–H and O–H groups in total. The Labute approximate surface area is 167 Å². The fourth-order valence-corrected chi connectivity index (χ4v) is 3.28. The molecule has 28 heavy (non-hydrogen) atoms. The Kier molecular flexibility index (Phi) is 6.21. The zero-order chi connectivity index (χ0) is 20.1. The summed E-state index contributed by atoms with van der Waals surface area (Å²) < 4.78 is 11.4. The Morgan fingerprint density at radius 2 is 2.11 bits per heavy atom. The molecule has 152 valence electrons. The number of para-hydroxylation sites is 1. The third-order valence-electron chi connectivity index (χ3n) is 4.63. The molecule has 2 heterocycles. The maximum Gasteiger partial charge on any atom is 0.228 e. The van der Waals surface area contributed by atoms with Crippen LogP contribution in [-0.4, -0.2) is 34.8 Å². The maximum absolute atomic E-state index is 6.12. The third kappa shape index (κ3) is 5.03. The monoisotopic (exact) mass is 385 g/mol. The van der Waals surface area contributed by atoms with Gasteiger partial charge in [0.1, 0.15) is 11.4 Å². The lowest BCUT2D eigenvalue weighted by molar-refractivity contribution is 0.0694. The van der Waals surface area contributed by atoms with Gasteiger partial charge in [0.25, 0.3) is 0 Å². The molecule has 0 radical (unpaired) electrons. The SMILES string of the molecule is CCNC(=NCCc1nc(C(C)C)no1)NC1CC(C)(C)Oc2ccccc21. The molecule has 1 aromatic heterocycles. The highest BCUT2D eigenvalue weighted by Gasteiger charge is 2.33. The second-order valence-corrected chi connectivity index (χ2v) is 8.01. The normalized spacial score (nSPS) is 18.5. The van der Waals surface area contributed by atoms with Crippen molar-refractivity contribution >= 4 is 5.96 Å². The lowest BCUT2D eigenvalue weighted by atomic mass is 9.90. The van der Waals surface area contributed by atoms with Crippen molar-refractivity contribution in [1.29, 1.82) is 0 Å². The van der Waals surface area contributed by atoms with Crippen LogP contribution in [0.1, 0.15) is 70.3 Å². The molecule has 0 saturated carbocycles. The van der Waals surface area contributed by atoms with Crippen molar-refractivity contribution < 1.29 is 9.26 Å². The molecule has 7 heteroatoms. The van der Waals surface area contributed by atoms with Crippen LogP contribution in [0.5, 0.6) is 5.75 Å². The van der Waals surface area contributed by atoms with Gasteiger partial charge in [0.2, 0.25) is 5.89 Å². The summed E-state index contributed by atoms with van der Waals surface area (Å²) in [4.78, 5) is 9.12. The van der Waals surface area contributed by atoms with E-state index in [2.05, 4.69) is 47.6 Å². The van der Waals surface area contributed by atoms with Crippen molar-refractivity contribution in [3.63, 3.8) is 0 Å². The van der Waals surface area contributed by atoms with E-state index in [0.29, 0.717) is 18.9 Å². The number of guanidine groups is 1. The summed E-state index contributed by atoms with van der Waals surface area (Å²) >= 11 is 0. The zero-order valence-electron chi connectivity index (χ0n) is 17.5. The first kappa shape index (κ1) is 20.2. The molecule has 1 aliphatic rings. The van der Waals surface area contributed by atoms with Gasteiger partial charge < -0.3 is 19.9 Å². The molecule has 1 aromatic carbocycles. The van der Waals surface area contributed by atoms with E-state index >= 15 is 0 Å². The smallest absolute Gasteiger partial charge is 0.228 e. The van der Waals surface area contributed by atoms with Crippen molar-refractivity contribution in [1.82, 2.24) is 20.8 Å². The molecular formula is C21H31N5O2. The first-order valence-corrected chi connectivity index (χ1v) is 10.0. The number of hydrogen-bond acceptors (Lipinski definition) is 5. The number of aromatic nitrogens is 2. The average molecular weight is 386 g/mol. The number of nitrogens with zero attached hydrogens (tertiary/aromatic N) is 3. The summed E-state index contributed by atoms with van der Waals surface area (Å²) in [7, 11) is 0. The van der Waals surface area contributed by atoms with Crippen LogP contribution < -0.4 is 15.4 Å². The molecule has 3 rings (SSSR count). The fourth-order valence-electron chi connectivity index (χ4n) is 3.28. The van der Waals surface area contributed by atoms with Crippen LogP contribution in [0.4, 0.5) is 0 Å². The van der Waals surface area contributed by atoms with Crippen LogP contribution >= 0.6 is 0 Å². The quantitative estimate of drug-likeness (QED) is 0.584. The molecule has 0 spiro atoms. The van der Waals surface area contributed by atoms with E-state index < -0.39 is 0 Å². The number of aliphatic imine (C=N–C) groups is 1. The van der Waals surface area contributed by atoms with Crippen molar-refractivity contribution in [2.24, 2.45) is 4.99 Å². The molecule has 1 atom stereocenters. The summed E-state index contributed by atoms with van der Waals surface area (Å²) in [6.45, 7) is 11.8. The second kappa shape index (κ2) is 8.63. The van der Waals surface area contributed by atoms with Gasteiger partial charge in [-0.3, -0.25) is 4.99 Å². The van der Waals surface area contributed by atoms with Gasteiger partial charge in [-0.05, 0) is 26.8 Å². The van der Waals surface area contributed by atoms with E-state index in [9.17, 15) is 0 Å². The average Bonchev–Trinajstić information content (AvgIpc) is 3.10. The van der Waals surface area contributed by atoms with E-state index in [-0.39, 0.29) is 17.6 Å². The van der Waals surface area contributed by atoms with Gasteiger partial charge in [-0.25, -0.2) is 0 Å². The summed E-state index contributed by atoms with van der Waals surface area (Å²) in [5.74, 6) is 3.34. The van der Waals surface area contributed by atoms with Gasteiger partial charge in [0, 0.05) is 30.9 Å². The first-order valence-electron chi connectivity index (χ1n) is 10.0. The number of fused-ring (bicyclic) bond motifs is 1. The van der Waals surface area contributed by atoms with Gasteiger partial charge in [0.05, 0.1) is 12.6 Å². The Hall–Kier alpha value is -2.57. The standard InChI is InChI=1S/C21H31N5O2/c1-6-22-20(23-12-11-18-25-19(14(2)3)26-28-18)24-16-13-21(4,5)27-17-10-8-7-9-15(16)17/h7-10,14,16H,6,11-13H2,1-5H3,(H2,22,23,24). The molecule has 7 nitrogen and oxygen atoms in total. The number of ether oxygens (including phenoxy) is 1. The molecule has 1 unspecified atom stereocenters. The lowest BCUT2D eigenvalue weighted by Crippen LogP contribution is -2.45. The molecule has 0 bridgehead atoms. The summed E-state index contributed by atoms with van der Waals surface area (Å²) in [5, 5.41) is 10.9. The topological polar surface area (TPSA) is 84.6 Å². The van der Waals surface area contributed by atoms with Crippen LogP contribution in [0.15, 0.2) is 33.8 Å². The van der Waals surface area contributed by atoms with Crippen molar-refractivity contribution in [2.75, 3.05) is 13.1 Å². The number of benzene rings is 1. The first-order chi connectivity index (χ1) is 13.4. The molecule has 0 amide bonds. The van der Waals surface area contributed by atoms with E-state index in [0.717, 1.165) is 36.1 Å². The van der Waals surface area contributed by atoms with E-state index in [1.807, 2.05) is 32.0 Å². The van der Waals surface area contributed by atoms with Gasteiger partial charge in [-0.15, -0.1) is 0 Å². The summed E-state index contributed by atoms with van der Waals surface area (Å²) in [6, 6.07) is 8.32. The molecule has 0 aliphatic carbocycles. The van der Waals surface area contributed by atoms with E-state index in [4.69, 9.17) is 14.3 Å². The predicted octanol–water partition coefficient (Wildman–Crippen LogP) is 3.59. The molecule has 2 aromatic rings. The summed E-state index contributed by atoms with van der Waals surface area (Å²) in [6.07, 6.45) is 1.47. The van der Waals surface area contributed by atoms with Crippen LogP contribution in [0, 0.1) is 0 Å². The fraction of sp³-hybridized carbons (Fsp3) is 0.571. The van der Waals surface area contributed by atoms with E-state index in [1.54, 1.807) is 0 Å². The maximum atomic E-state index is 6.12. The highest BCUT2D eigenvalue weighted by atomic mass is 16.5. The minimum Gasteiger partial charge on any atom is -0.487 e. The van der Waals surface area contributed by atoms with Crippen LogP contribution in [0.25, 0.3) is 0 Å². The Morgan fingerprint density at radius 1 is 1.32 bits per heavy atom. The van der Waals surface area contributed by atoms with Crippen LogP contribution in [0.2, 0.25) is 0 Å². The van der Waals surface area contributed by atoms with Crippen molar-refractivity contribution in [3.05, 3.63) is 41.5 Å². The molecule has 1 aliphatic heterocycles. The van der Waals surface area contributed by atoms with Gasteiger partial charge in [-0.1, -0.05) is 37.2 Å². The van der Waals surface area contributed by atoms with Crippen LogP contribution in [0.3, 0.4) is 0 Å². The number of hydrogen-bond donors (Lipinski definition) is 2. The molecule has 0 fully saturated rings. The Morgan fingerprint density at radius 3 is 2.82 bits per heavy atom. The number of rotatable bonds is 6. The minimum atomic E-state index is -0.236. The zero-order valence-corrected chi connectivity index (χ0v) is 17.5. The largest absolute Gasteiger partial charge is 0.487 e. The Bertz CT molecular complexity index is 813. The van der Waals surface area contributed by atoms with E-state index in [1.165, 1.54) is 0 Å². The molecule has 0 saturated heterocycles. The van der Waals surface area contributed by atoms with Gasteiger partial charge in [0.15, 0.2) is 11.8 Å².